The van der Waals surface area contributed by atoms with Crippen molar-refractivity contribution < 1.29 is 22.7 Å². The topological polar surface area (TPSA) is 96.0 Å². The Morgan fingerprint density at radius 3 is 2.28 bits per heavy atom. The average Bonchev–Trinajstić information content (AvgIpc) is 2.96. The molecule has 2 amide bonds. The molecule has 0 unspecified atom stereocenters. The highest BCUT2D eigenvalue weighted by atomic mass is 79.9. The summed E-state index contributed by atoms with van der Waals surface area (Å²) in [4.78, 5) is 29.3. The molecule has 0 heterocycles. The second kappa shape index (κ2) is 16.5. The SMILES string of the molecule is CCOc1ccccc1N(CCCC(=O)N(Cc1cccc(Br)c1)[C@H](Cc1ccccc1)C(=O)NCC(C)C)S(C)(=O)=O. The van der Waals surface area contributed by atoms with Gasteiger partial charge in [-0.25, -0.2) is 8.42 Å². The molecule has 0 aliphatic rings. The number of nitrogens with zero attached hydrogens (tertiary/aromatic N) is 2. The summed E-state index contributed by atoms with van der Waals surface area (Å²) in [6, 6.07) is 23.5. The maximum absolute atomic E-state index is 14.0. The number of halogens is 1. The average molecular weight is 673 g/mol. The molecular formula is C33H42BrN3O5S. The second-order valence-corrected chi connectivity index (χ2v) is 13.7. The molecule has 0 radical (unpaired) electrons. The maximum atomic E-state index is 14.0. The van der Waals surface area contributed by atoms with Crippen LogP contribution in [0.25, 0.3) is 0 Å². The van der Waals surface area contributed by atoms with Crippen molar-refractivity contribution in [2.75, 3.05) is 30.3 Å². The molecule has 3 aromatic carbocycles. The number of sulfonamides is 1. The van der Waals surface area contributed by atoms with Gasteiger partial charge in [0.25, 0.3) is 0 Å². The fraction of sp³-hybridized carbons (Fsp3) is 0.394. The van der Waals surface area contributed by atoms with Crippen molar-refractivity contribution >= 4 is 43.5 Å². The zero-order valence-corrected chi connectivity index (χ0v) is 27.7. The van der Waals surface area contributed by atoms with Crippen molar-refractivity contribution in [2.45, 2.75) is 52.6 Å². The number of amides is 2. The van der Waals surface area contributed by atoms with Gasteiger partial charge in [-0.15, -0.1) is 0 Å². The van der Waals surface area contributed by atoms with Crippen LogP contribution >= 0.6 is 15.9 Å². The van der Waals surface area contributed by atoms with Crippen LogP contribution in [0.2, 0.25) is 0 Å². The number of benzene rings is 3. The summed E-state index contributed by atoms with van der Waals surface area (Å²) in [5, 5.41) is 3.03. The lowest BCUT2D eigenvalue weighted by molar-refractivity contribution is -0.141. The molecule has 1 atom stereocenters. The molecule has 0 aliphatic heterocycles. The highest BCUT2D eigenvalue weighted by Gasteiger charge is 2.31. The third kappa shape index (κ3) is 10.7. The number of hydrogen-bond donors (Lipinski definition) is 1. The molecule has 0 fully saturated rings. The maximum Gasteiger partial charge on any atom is 0.243 e. The van der Waals surface area contributed by atoms with Crippen LogP contribution in [0, 0.1) is 5.92 Å². The third-order valence-electron chi connectivity index (χ3n) is 6.78. The molecule has 0 aliphatic carbocycles. The lowest BCUT2D eigenvalue weighted by atomic mass is 10.0. The fourth-order valence-electron chi connectivity index (χ4n) is 4.73. The summed E-state index contributed by atoms with van der Waals surface area (Å²) in [5.41, 5.74) is 2.25. The first-order chi connectivity index (χ1) is 20.5. The second-order valence-electron chi connectivity index (χ2n) is 10.8. The van der Waals surface area contributed by atoms with E-state index >= 15 is 0 Å². The normalized spacial score (nSPS) is 12.0. The predicted octanol–water partition coefficient (Wildman–Crippen LogP) is 5.81. The Hall–Kier alpha value is -3.37. The molecule has 232 valence electrons. The van der Waals surface area contributed by atoms with Crippen molar-refractivity contribution in [1.29, 1.82) is 0 Å². The van der Waals surface area contributed by atoms with Crippen LogP contribution < -0.4 is 14.4 Å². The van der Waals surface area contributed by atoms with Gasteiger partial charge in [-0.05, 0) is 54.7 Å². The van der Waals surface area contributed by atoms with E-state index in [1.165, 1.54) is 4.31 Å². The predicted molar refractivity (Wildman–Crippen MR) is 176 cm³/mol. The van der Waals surface area contributed by atoms with Crippen molar-refractivity contribution in [1.82, 2.24) is 10.2 Å². The highest BCUT2D eigenvalue weighted by molar-refractivity contribution is 9.10. The Balaban J connectivity index is 1.90. The number of ether oxygens (including phenoxy) is 1. The van der Waals surface area contributed by atoms with Gasteiger partial charge in [0.05, 0.1) is 18.6 Å². The smallest absolute Gasteiger partial charge is 0.243 e. The van der Waals surface area contributed by atoms with E-state index in [0.717, 1.165) is 21.9 Å². The van der Waals surface area contributed by atoms with Crippen molar-refractivity contribution in [2.24, 2.45) is 5.92 Å². The number of anilines is 1. The number of para-hydroxylation sites is 2. The van der Waals surface area contributed by atoms with Crippen LogP contribution in [0.1, 0.15) is 44.7 Å². The Bertz CT molecular complexity index is 1450. The zero-order chi connectivity index (χ0) is 31.4. The lowest BCUT2D eigenvalue weighted by Crippen LogP contribution is -2.51. The van der Waals surface area contributed by atoms with Crippen LogP contribution in [-0.4, -0.2) is 57.1 Å². The quantitative estimate of drug-likeness (QED) is 0.208. The number of carbonyl (C=O) groups is 2. The molecule has 8 nitrogen and oxygen atoms in total. The summed E-state index contributed by atoms with van der Waals surface area (Å²) in [5.74, 6) is 0.260. The minimum atomic E-state index is -3.66. The molecular weight excluding hydrogens is 630 g/mol. The van der Waals surface area contributed by atoms with E-state index in [9.17, 15) is 18.0 Å². The summed E-state index contributed by atoms with van der Waals surface area (Å²) in [7, 11) is -3.66. The molecule has 43 heavy (non-hydrogen) atoms. The molecule has 0 saturated heterocycles. The first kappa shape index (κ1) is 34.1. The van der Waals surface area contributed by atoms with Crippen LogP contribution in [0.3, 0.4) is 0 Å². The van der Waals surface area contributed by atoms with Crippen LogP contribution in [-0.2, 0) is 32.6 Å². The summed E-state index contributed by atoms with van der Waals surface area (Å²) in [6.45, 7) is 7.08. The van der Waals surface area contributed by atoms with Gasteiger partial charge >= 0.3 is 0 Å². The van der Waals surface area contributed by atoms with Gasteiger partial charge in [0.2, 0.25) is 21.8 Å². The molecule has 0 bridgehead atoms. The van der Waals surface area contributed by atoms with Gasteiger partial charge in [0, 0.05) is 36.9 Å². The van der Waals surface area contributed by atoms with Gasteiger partial charge in [-0.1, -0.05) is 84.4 Å². The molecule has 0 spiro atoms. The fourth-order valence-corrected chi connectivity index (χ4v) is 6.15. The van der Waals surface area contributed by atoms with Crippen molar-refractivity contribution in [3.63, 3.8) is 0 Å². The number of nitrogens with one attached hydrogen (secondary N) is 1. The molecule has 0 aromatic heterocycles. The largest absolute Gasteiger partial charge is 0.492 e. The van der Waals surface area contributed by atoms with Gasteiger partial charge in [-0.2, -0.15) is 0 Å². The monoisotopic (exact) mass is 671 g/mol. The van der Waals surface area contributed by atoms with E-state index in [1.807, 2.05) is 75.4 Å². The molecule has 3 rings (SSSR count). The van der Waals surface area contributed by atoms with Gasteiger partial charge in [-0.3, -0.25) is 13.9 Å². The Morgan fingerprint density at radius 1 is 0.953 bits per heavy atom. The summed E-state index contributed by atoms with van der Waals surface area (Å²) in [6.07, 6.45) is 1.81. The number of rotatable bonds is 16. The Labute approximate surface area is 264 Å². The molecule has 1 N–H and O–H groups in total. The Kier molecular flexibility index (Phi) is 13.1. The minimum absolute atomic E-state index is 0.0551. The summed E-state index contributed by atoms with van der Waals surface area (Å²) < 4.78 is 33.5. The number of carbonyl (C=O) groups excluding carboxylic acids is 2. The van der Waals surface area contributed by atoms with Crippen molar-refractivity contribution in [3.05, 3.63) is 94.5 Å². The van der Waals surface area contributed by atoms with E-state index in [-0.39, 0.29) is 43.7 Å². The first-order valence-corrected chi connectivity index (χ1v) is 17.2. The lowest BCUT2D eigenvalue weighted by Gasteiger charge is -2.32. The first-order valence-electron chi connectivity index (χ1n) is 14.5. The number of hydrogen-bond acceptors (Lipinski definition) is 5. The summed E-state index contributed by atoms with van der Waals surface area (Å²) >= 11 is 3.51. The van der Waals surface area contributed by atoms with E-state index in [4.69, 9.17) is 4.74 Å². The van der Waals surface area contributed by atoms with Crippen LogP contribution in [0.15, 0.2) is 83.3 Å². The van der Waals surface area contributed by atoms with Gasteiger partial charge in [0.15, 0.2) is 0 Å². The molecule has 10 heteroatoms. The highest BCUT2D eigenvalue weighted by Crippen LogP contribution is 2.30. The molecule has 0 saturated carbocycles. The molecule has 3 aromatic rings. The zero-order valence-electron chi connectivity index (χ0n) is 25.3. The Morgan fingerprint density at radius 2 is 1.63 bits per heavy atom. The van der Waals surface area contributed by atoms with E-state index in [1.54, 1.807) is 29.2 Å². The van der Waals surface area contributed by atoms with Gasteiger partial charge in [0.1, 0.15) is 11.8 Å². The van der Waals surface area contributed by atoms with E-state index in [0.29, 0.717) is 31.0 Å². The minimum Gasteiger partial charge on any atom is -0.492 e. The van der Waals surface area contributed by atoms with E-state index < -0.39 is 16.1 Å². The van der Waals surface area contributed by atoms with Crippen LogP contribution in [0.4, 0.5) is 5.69 Å². The van der Waals surface area contributed by atoms with Crippen LogP contribution in [0.5, 0.6) is 5.75 Å². The van der Waals surface area contributed by atoms with Crippen molar-refractivity contribution in [3.8, 4) is 5.75 Å². The van der Waals surface area contributed by atoms with Gasteiger partial charge < -0.3 is 15.0 Å². The van der Waals surface area contributed by atoms with E-state index in [2.05, 4.69) is 21.2 Å². The standard InChI is InChI=1S/C33H42BrN3O5S/c1-5-42-31-18-10-9-17-29(31)37(43(4,40)41)20-12-19-32(38)36(24-27-15-11-16-28(34)21-27)30(33(39)35-23-25(2)3)22-26-13-7-6-8-14-26/h6-11,13-18,21,25,30H,5,12,19-20,22-24H2,1-4H3,(H,35,39)/t30-/m1/s1. The third-order valence-corrected chi connectivity index (χ3v) is 8.46.